The fraction of sp³-hybridized carbons (Fsp3) is 0.364. The average Bonchev–Trinajstić information content (AvgIpc) is 2.70. The highest BCUT2D eigenvalue weighted by atomic mass is 16.6. The molecule has 0 bridgehead atoms. The van der Waals surface area contributed by atoms with E-state index in [0.29, 0.717) is 0 Å². The number of non-ortho nitro benzene ring substituents is 1. The van der Waals surface area contributed by atoms with Crippen LogP contribution in [0.4, 0.5) is 10.5 Å². The molecule has 9 nitrogen and oxygen atoms in total. The minimum absolute atomic E-state index is 0.0392. The summed E-state index contributed by atoms with van der Waals surface area (Å²) in [5, 5.41) is 13.2. The van der Waals surface area contributed by atoms with Gasteiger partial charge in [-0.15, -0.1) is 0 Å². The second-order valence-corrected chi connectivity index (χ2v) is 7.79. The van der Waals surface area contributed by atoms with Crippen molar-refractivity contribution in [1.29, 1.82) is 0 Å². The van der Waals surface area contributed by atoms with E-state index in [0.717, 1.165) is 5.56 Å². The van der Waals surface area contributed by atoms with Gasteiger partial charge >= 0.3 is 12.1 Å². The summed E-state index contributed by atoms with van der Waals surface area (Å²) in [6, 6.07) is 13.0. The number of carbonyl (C=O) groups is 2. The zero-order valence-corrected chi connectivity index (χ0v) is 17.9. The van der Waals surface area contributed by atoms with E-state index in [1.807, 2.05) is 51.1 Å². The van der Waals surface area contributed by atoms with Gasteiger partial charge in [0.05, 0.1) is 16.6 Å². The van der Waals surface area contributed by atoms with E-state index in [-0.39, 0.29) is 18.0 Å². The highest BCUT2D eigenvalue weighted by Gasteiger charge is 2.32. The monoisotopic (exact) mass is 430 g/mol. The van der Waals surface area contributed by atoms with E-state index in [1.165, 1.54) is 24.3 Å². The summed E-state index contributed by atoms with van der Waals surface area (Å²) in [6.07, 6.45) is -1.63. The Labute approximate surface area is 180 Å². The Morgan fingerprint density at radius 2 is 1.68 bits per heavy atom. The molecule has 0 aliphatic carbocycles. The van der Waals surface area contributed by atoms with Gasteiger partial charge in [0, 0.05) is 12.1 Å². The maximum absolute atomic E-state index is 12.7. The predicted molar refractivity (Wildman–Crippen MR) is 113 cm³/mol. The predicted octanol–water partition coefficient (Wildman–Crippen LogP) is 4.00. The molecule has 0 fully saturated rings. The van der Waals surface area contributed by atoms with Gasteiger partial charge in [-0.25, -0.2) is 9.59 Å². The molecule has 2 unspecified atom stereocenters. The largest absolute Gasteiger partial charge is 0.459 e. The van der Waals surface area contributed by atoms with Gasteiger partial charge < -0.3 is 19.5 Å². The van der Waals surface area contributed by atoms with Crippen LogP contribution in [0, 0.1) is 10.1 Å². The highest BCUT2D eigenvalue weighted by Crippen LogP contribution is 2.18. The van der Waals surface area contributed by atoms with E-state index in [4.69, 9.17) is 14.2 Å². The first-order chi connectivity index (χ1) is 14.5. The number of carbonyl (C=O) groups excluding carboxylic acids is 2. The molecule has 2 rings (SSSR count). The number of amides is 1. The summed E-state index contributed by atoms with van der Waals surface area (Å²) < 4.78 is 16.3. The van der Waals surface area contributed by atoms with Crippen LogP contribution in [0.2, 0.25) is 0 Å². The minimum Gasteiger partial charge on any atom is -0.459 e. The molecule has 31 heavy (non-hydrogen) atoms. The molecule has 166 valence electrons. The quantitative estimate of drug-likeness (QED) is 0.382. The summed E-state index contributed by atoms with van der Waals surface area (Å²) >= 11 is 0. The Morgan fingerprint density at radius 3 is 2.23 bits per heavy atom. The lowest BCUT2D eigenvalue weighted by Crippen LogP contribution is -2.51. The molecule has 0 aliphatic rings. The van der Waals surface area contributed by atoms with Crippen molar-refractivity contribution in [2.75, 3.05) is 0 Å². The number of hydrogen-bond acceptors (Lipinski definition) is 7. The van der Waals surface area contributed by atoms with Gasteiger partial charge in [0.1, 0.15) is 12.4 Å². The average molecular weight is 430 g/mol. The number of hydrogen-bond donors (Lipinski definition) is 1. The first-order valence-electron chi connectivity index (χ1n) is 9.66. The van der Waals surface area contributed by atoms with E-state index in [2.05, 4.69) is 5.32 Å². The summed E-state index contributed by atoms with van der Waals surface area (Å²) in [5.74, 6) is -0.592. The molecule has 9 heteroatoms. The van der Waals surface area contributed by atoms with Crippen molar-refractivity contribution in [3.05, 3.63) is 70.3 Å². The second-order valence-electron chi connectivity index (χ2n) is 7.79. The van der Waals surface area contributed by atoms with Gasteiger partial charge in [-0.1, -0.05) is 30.3 Å². The van der Waals surface area contributed by atoms with Crippen LogP contribution in [0.3, 0.4) is 0 Å². The van der Waals surface area contributed by atoms with Crippen LogP contribution < -0.4 is 10.1 Å². The standard InChI is InChI=1S/C22H26N2O7/c1-15(31-22(2,3)4)19(20(25)29-14-16-8-6-5-7-9-16)23-21(26)30-18-12-10-17(11-13-18)24(27)28/h5-13,15,19H,14H2,1-4H3,(H,23,26). The third-order valence-electron chi connectivity index (χ3n) is 4.02. The van der Waals surface area contributed by atoms with Crippen LogP contribution in [0.1, 0.15) is 33.3 Å². The summed E-state index contributed by atoms with van der Waals surface area (Å²) in [6.45, 7) is 7.16. The molecule has 0 aliphatic heterocycles. The van der Waals surface area contributed by atoms with Crippen molar-refractivity contribution < 1.29 is 28.7 Å². The number of rotatable bonds is 8. The Morgan fingerprint density at radius 1 is 1.06 bits per heavy atom. The van der Waals surface area contributed by atoms with Crippen LogP contribution in [0.15, 0.2) is 54.6 Å². The molecule has 0 spiro atoms. The number of ether oxygens (including phenoxy) is 3. The van der Waals surface area contributed by atoms with E-state index in [1.54, 1.807) is 6.92 Å². The van der Waals surface area contributed by atoms with Crippen LogP contribution in [0.5, 0.6) is 5.75 Å². The molecule has 1 amide bonds. The Balaban J connectivity index is 2.06. The van der Waals surface area contributed by atoms with Crippen molar-refractivity contribution in [2.24, 2.45) is 0 Å². The van der Waals surface area contributed by atoms with Gasteiger partial charge in [-0.2, -0.15) is 0 Å². The highest BCUT2D eigenvalue weighted by molar-refractivity contribution is 5.82. The number of nitrogens with one attached hydrogen (secondary N) is 1. The smallest absolute Gasteiger partial charge is 0.413 e. The number of nitro groups is 1. The topological polar surface area (TPSA) is 117 Å². The van der Waals surface area contributed by atoms with Gasteiger partial charge in [0.25, 0.3) is 5.69 Å². The molecule has 0 radical (unpaired) electrons. The molecule has 0 aromatic heterocycles. The van der Waals surface area contributed by atoms with Crippen molar-refractivity contribution in [1.82, 2.24) is 5.32 Å². The molecular formula is C22H26N2O7. The van der Waals surface area contributed by atoms with Crippen LogP contribution in [0.25, 0.3) is 0 Å². The number of esters is 1. The van der Waals surface area contributed by atoms with Crippen molar-refractivity contribution >= 4 is 17.7 Å². The molecule has 0 heterocycles. The van der Waals surface area contributed by atoms with E-state index < -0.39 is 34.7 Å². The Kier molecular flexibility index (Phi) is 8.09. The molecule has 2 aromatic carbocycles. The van der Waals surface area contributed by atoms with Crippen LogP contribution >= 0.6 is 0 Å². The van der Waals surface area contributed by atoms with Gasteiger partial charge in [0.15, 0.2) is 6.04 Å². The normalized spacial score (nSPS) is 13.0. The zero-order valence-electron chi connectivity index (χ0n) is 17.9. The lowest BCUT2D eigenvalue weighted by molar-refractivity contribution is -0.384. The fourth-order valence-electron chi connectivity index (χ4n) is 2.71. The number of nitrogens with zero attached hydrogens (tertiary/aromatic N) is 1. The minimum atomic E-state index is -1.13. The second kappa shape index (κ2) is 10.5. The molecule has 2 aromatic rings. The Hall–Kier alpha value is -3.46. The molecule has 1 N–H and O–H groups in total. The van der Waals surface area contributed by atoms with Crippen molar-refractivity contribution in [2.45, 2.75) is 52.0 Å². The third kappa shape index (κ3) is 8.06. The van der Waals surface area contributed by atoms with Crippen molar-refractivity contribution in [3.8, 4) is 5.75 Å². The van der Waals surface area contributed by atoms with E-state index >= 15 is 0 Å². The summed E-state index contributed by atoms with van der Waals surface area (Å²) in [7, 11) is 0. The molecule has 0 saturated carbocycles. The zero-order chi connectivity index (χ0) is 23.0. The van der Waals surface area contributed by atoms with Crippen LogP contribution in [-0.2, 0) is 20.9 Å². The Bertz CT molecular complexity index is 892. The summed E-state index contributed by atoms with van der Waals surface area (Å²) in [4.78, 5) is 35.2. The number of benzene rings is 2. The third-order valence-corrected chi connectivity index (χ3v) is 4.02. The lowest BCUT2D eigenvalue weighted by atomic mass is 10.1. The van der Waals surface area contributed by atoms with E-state index in [9.17, 15) is 19.7 Å². The summed E-state index contributed by atoms with van der Waals surface area (Å²) in [5.41, 5.74) is 0.0937. The van der Waals surface area contributed by atoms with Gasteiger partial charge in [-0.05, 0) is 45.4 Å². The SMILES string of the molecule is CC(OC(C)(C)C)C(NC(=O)Oc1ccc([N+](=O)[O-])cc1)C(=O)OCc1ccccc1. The number of nitro benzene ring substituents is 1. The van der Waals surface area contributed by atoms with Crippen LogP contribution in [-0.4, -0.2) is 34.7 Å². The molecule has 2 atom stereocenters. The van der Waals surface area contributed by atoms with Crippen molar-refractivity contribution in [3.63, 3.8) is 0 Å². The fourth-order valence-corrected chi connectivity index (χ4v) is 2.71. The molecule has 0 saturated heterocycles. The first kappa shape index (κ1) is 23.8. The maximum atomic E-state index is 12.7. The maximum Gasteiger partial charge on any atom is 0.413 e. The first-order valence-corrected chi connectivity index (χ1v) is 9.66. The van der Waals surface area contributed by atoms with Gasteiger partial charge in [-0.3, -0.25) is 10.1 Å². The lowest BCUT2D eigenvalue weighted by Gasteiger charge is -2.30. The molecular weight excluding hydrogens is 404 g/mol. The van der Waals surface area contributed by atoms with Gasteiger partial charge in [0.2, 0.25) is 0 Å².